The topological polar surface area (TPSA) is 46.9 Å². The quantitative estimate of drug-likeness (QED) is 0.863. The minimum atomic E-state index is -0.157. The first-order valence-corrected chi connectivity index (χ1v) is 7.97. The highest BCUT2D eigenvalue weighted by Gasteiger charge is 2.18. The highest BCUT2D eigenvalue weighted by Crippen LogP contribution is 2.25. The van der Waals surface area contributed by atoms with Crippen molar-refractivity contribution < 1.29 is 4.79 Å². The van der Waals surface area contributed by atoms with Crippen LogP contribution in [0.25, 0.3) is 0 Å². The van der Waals surface area contributed by atoms with E-state index in [-0.39, 0.29) is 11.9 Å². The molecule has 0 aliphatic carbocycles. The van der Waals surface area contributed by atoms with Gasteiger partial charge in [0, 0.05) is 16.1 Å². The van der Waals surface area contributed by atoms with E-state index >= 15 is 0 Å². The number of carbonyl (C=O) groups is 1. The largest absolute Gasteiger partial charge is 0.307 e. The van der Waals surface area contributed by atoms with Crippen LogP contribution in [-0.4, -0.2) is 15.7 Å². The number of aromatic nitrogens is 2. The molecule has 1 amide bonds. The Morgan fingerprint density at radius 3 is 2.59 bits per heavy atom. The molecule has 2 rings (SSSR count). The number of aryl methyl sites for hydroxylation is 2. The van der Waals surface area contributed by atoms with Crippen LogP contribution < -0.4 is 5.32 Å². The van der Waals surface area contributed by atoms with Crippen molar-refractivity contribution in [3.8, 4) is 0 Å². The highest BCUT2D eigenvalue weighted by molar-refractivity contribution is 6.31. The summed E-state index contributed by atoms with van der Waals surface area (Å²) in [6, 6.07) is 5.61. The standard InChI is InChI=1S/C17H22ClN3O/c1-5-14(6-2)21-16(12(4)10-19-21)20-17(22)15-9-13(18)8-7-11(15)3/h7-10,14H,5-6H2,1-4H3,(H,20,22). The highest BCUT2D eigenvalue weighted by atomic mass is 35.5. The first kappa shape index (κ1) is 16.6. The average Bonchev–Trinajstić information content (AvgIpc) is 2.84. The Hall–Kier alpha value is -1.81. The summed E-state index contributed by atoms with van der Waals surface area (Å²) in [5, 5.41) is 7.97. The van der Waals surface area contributed by atoms with Crippen LogP contribution in [0.3, 0.4) is 0 Å². The van der Waals surface area contributed by atoms with Crippen LogP contribution in [0.15, 0.2) is 24.4 Å². The third kappa shape index (κ3) is 3.33. The molecule has 0 bridgehead atoms. The van der Waals surface area contributed by atoms with Crippen molar-refractivity contribution in [2.24, 2.45) is 0 Å². The molecule has 1 aromatic carbocycles. The predicted molar refractivity (Wildman–Crippen MR) is 90.7 cm³/mol. The third-order valence-corrected chi connectivity index (χ3v) is 4.18. The molecule has 0 saturated carbocycles. The van der Waals surface area contributed by atoms with Crippen LogP contribution in [0, 0.1) is 13.8 Å². The Morgan fingerprint density at radius 2 is 1.95 bits per heavy atom. The van der Waals surface area contributed by atoms with Crippen LogP contribution in [0.2, 0.25) is 5.02 Å². The van der Waals surface area contributed by atoms with Crippen molar-refractivity contribution in [2.75, 3.05) is 5.32 Å². The molecule has 1 N–H and O–H groups in total. The van der Waals surface area contributed by atoms with Crippen molar-refractivity contribution in [2.45, 2.75) is 46.6 Å². The molecule has 0 aliphatic heterocycles. The SMILES string of the molecule is CCC(CC)n1ncc(C)c1NC(=O)c1cc(Cl)ccc1C. The van der Waals surface area contributed by atoms with E-state index in [1.807, 2.05) is 24.6 Å². The van der Waals surface area contributed by atoms with E-state index in [1.54, 1.807) is 18.3 Å². The summed E-state index contributed by atoms with van der Waals surface area (Å²) in [6.07, 6.45) is 3.73. The molecule has 4 nitrogen and oxygen atoms in total. The van der Waals surface area contributed by atoms with Crippen LogP contribution in [0.1, 0.15) is 54.2 Å². The Bertz CT molecular complexity index is 675. The molecule has 0 unspecified atom stereocenters. The molecule has 0 radical (unpaired) electrons. The number of nitrogens with zero attached hydrogens (tertiary/aromatic N) is 2. The molecule has 0 atom stereocenters. The van der Waals surface area contributed by atoms with E-state index in [9.17, 15) is 4.79 Å². The minimum Gasteiger partial charge on any atom is -0.307 e. The molecule has 1 aromatic heterocycles. The molecule has 2 aromatic rings. The van der Waals surface area contributed by atoms with Crippen molar-refractivity contribution in [3.63, 3.8) is 0 Å². The van der Waals surface area contributed by atoms with Gasteiger partial charge in [0.1, 0.15) is 5.82 Å². The fourth-order valence-electron chi connectivity index (χ4n) is 2.53. The zero-order valence-corrected chi connectivity index (χ0v) is 14.2. The third-order valence-electron chi connectivity index (χ3n) is 3.94. The van der Waals surface area contributed by atoms with Crippen molar-refractivity contribution >= 4 is 23.3 Å². The van der Waals surface area contributed by atoms with Gasteiger partial charge in [-0.1, -0.05) is 31.5 Å². The number of anilines is 1. The number of nitrogens with one attached hydrogen (secondary N) is 1. The zero-order valence-electron chi connectivity index (χ0n) is 13.5. The van der Waals surface area contributed by atoms with Crippen LogP contribution in [-0.2, 0) is 0 Å². The molecular formula is C17H22ClN3O. The van der Waals surface area contributed by atoms with Crippen LogP contribution in [0.5, 0.6) is 0 Å². The maximum atomic E-state index is 12.6. The second kappa shape index (κ2) is 6.97. The van der Waals surface area contributed by atoms with Crippen molar-refractivity contribution in [1.82, 2.24) is 9.78 Å². The minimum absolute atomic E-state index is 0.157. The van der Waals surface area contributed by atoms with Gasteiger partial charge in [0.2, 0.25) is 0 Å². The molecule has 0 spiro atoms. The summed E-state index contributed by atoms with van der Waals surface area (Å²) >= 11 is 6.00. The maximum Gasteiger partial charge on any atom is 0.257 e. The lowest BCUT2D eigenvalue weighted by Crippen LogP contribution is -2.19. The molecule has 0 saturated heterocycles. The molecular weight excluding hydrogens is 298 g/mol. The normalized spacial score (nSPS) is 11.0. The van der Waals surface area contributed by atoms with E-state index in [2.05, 4.69) is 24.3 Å². The average molecular weight is 320 g/mol. The van der Waals surface area contributed by atoms with Gasteiger partial charge in [-0.2, -0.15) is 5.10 Å². The van der Waals surface area contributed by atoms with Crippen molar-refractivity contribution in [1.29, 1.82) is 0 Å². The lowest BCUT2D eigenvalue weighted by atomic mass is 10.1. The number of hydrogen-bond acceptors (Lipinski definition) is 2. The Kier molecular flexibility index (Phi) is 5.24. The lowest BCUT2D eigenvalue weighted by molar-refractivity contribution is 0.102. The number of rotatable bonds is 5. The smallest absolute Gasteiger partial charge is 0.257 e. The molecule has 0 aliphatic rings. The van der Waals surface area contributed by atoms with Crippen LogP contribution in [0.4, 0.5) is 5.82 Å². The van der Waals surface area contributed by atoms with Gasteiger partial charge >= 0.3 is 0 Å². The van der Waals surface area contributed by atoms with Crippen molar-refractivity contribution in [3.05, 3.63) is 46.1 Å². The van der Waals surface area contributed by atoms with Gasteiger partial charge in [-0.25, -0.2) is 4.68 Å². The number of halogens is 1. The summed E-state index contributed by atoms with van der Waals surface area (Å²) in [5.74, 6) is 0.605. The Balaban J connectivity index is 2.32. The second-order valence-corrected chi connectivity index (χ2v) is 5.94. The second-order valence-electron chi connectivity index (χ2n) is 5.50. The summed E-state index contributed by atoms with van der Waals surface area (Å²) in [5.41, 5.74) is 2.44. The van der Waals surface area contributed by atoms with Gasteiger partial charge in [0.15, 0.2) is 0 Å². The maximum absolute atomic E-state index is 12.6. The molecule has 0 fully saturated rings. The van der Waals surface area contributed by atoms with Gasteiger partial charge < -0.3 is 5.32 Å². The van der Waals surface area contributed by atoms with E-state index in [0.29, 0.717) is 10.6 Å². The van der Waals surface area contributed by atoms with Crippen LogP contribution >= 0.6 is 11.6 Å². The van der Waals surface area contributed by atoms with E-state index in [1.165, 1.54) is 0 Å². The number of benzene rings is 1. The molecule has 118 valence electrons. The first-order chi connectivity index (χ1) is 10.5. The summed E-state index contributed by atoms with van der Waals surface area (Å²) < 4.78 is 1.91. The first-order valence-electron chi connectivity index (χ1n) is 7.59. The molecule has 1 heterocycles. The number of amides is 1. The lowest BCUT2D eigenvalue weighted by Gasteiger charge is -2.18. The summed E-state index contributed by atoms with van der Waals surface area (Å²) in [7, 11) is 0. The van der Waals surface area contributed by atoms with Gasteiger partial charge in [0.05, 0.1) is 12.2 Å². The molecule has 5 heteroatoms. The fraction of sp³-hybridized carbons (Fsp3) is 0.412. The fourth-order valence-corrected chi connectivity index (χ4v) is 2.70. The number of hydrogen-bond donors (Lipinski definition) is 1. The summed E-state index contributed by atoms with van der Waals surface area (Å²) in [6.45, 7) is 8.10. The van der Waals surface area contributed by atoms with Gasteiger partial charge in [-0.3, -0.25) is 4.79 Å². The van der Waals surface area contributed by atoms with E-state index < -0.39 is 0 Å². The van der Waals surface area contributed by atoms with E-state index in [0.717, 1.165) is 29.8 Å². The molecule has 22 heavy (non-hydrogen) atoms. The number of carbonyl (C=O) groups excluding carboxylic acids is 1. The monoisotopic (exact) mass is 319 g/mol. The summed E-state index contributed by atoms with van der Waals surface area (Å²) in [4.78, 5) is 12.6. The van der Waals surface area contributed by atoms with E-state index in [4.69, 9.17) is 11.6 Å². The Labute approximate surface area is 136 Å². The van der Waals surface area contributed by atoms with Gasteiger partial charge in [-0.15, -0.1) is 0 Å². The van der Waals surface area contributed by atoms with Gasteiger partial charge in [-0.05, 0) is 44.4 Å². The zero-order chi connectivity index (χ0) is 16.3. The predicted octanol–water partition coefficient (Wildman–Crippen LogP) is 4.77. The van der Waals surface area contributed by atoms with Gasteiger partial charge in [0.25, 0.3) is 5.91 Å². The Morgan fingerprint density at radius 1 is 1.27 bits per heavy atom.